The second-order valence-corrected chi connectivity index (χ2v) is 4.82. The van der Waals surface area contributed by atoms with Crippen LogP contribution < -0.4 is 5.32 Å². The summed E-state index contributed by atoms with van der Waals surface area (Å²) in [6.07, 6.45) is 5.31. The molecule has 0 fully saturated rings. The summed E-state index contributed by atoms with van der Waals surface area (Å²) in [6, 6.07) is 8.58. The van der Waals surface area contributed by atoms with Gasteiger partial charge in [-0.25, -0.2) is 4.39 Å². The van der Waals surface area contributed by atoms with Crippen molar-refractivity contribution in [2.24, 2.45) is 0 Å². The first-order chi connectivity index (χ1) is 10.2. The van der Waals surface area contributed by atoms with Gasteiger partial charge in [0.1, 0.15) is 5.82 Å². The van der Waals surface area contributed by atoms with E-state index < -0.39 is 0 Å². The van der Waals surface area contributed by atoms with E-state index in [0.717, 1.165) is 28.1 Å². The van der Waals surface area contributed by atoms with Gasteiger partial charge in [0, 0.05) is 35.8 Å². The number of pyridine rings is 1. The van der Waals surface area contributed by atoms with Crippen LogP contribution in [-0.2, 0) is 6.54 Å². The highest BCUT2D eigenvalue weighted by Gasteiger charge is 2.08. The lowest BCUT2D eigenvalue weighted by Gasteiger charge is -2.09. The molecule has 5 heteroatoms. The second-order valence-electron chi connectivity index (χ2n) is 4.82. The number of H-pyrrole nitrogens is 1. The van der Waals surface area contributed by atoms with Crippen LogP contribution in [0.5, 0.6) is 0 Å². The number of rotatable bonds is 4. The van der Waals surface area contributed by atoms with Gasteiger partial charge in [0.2, 0.25) is 0 Å². The Morgan fingerprint density at radius 1 is 1.24 bits per heavy atom. The summed E-state index contributed by atoms with van der Waals surface area (Å²) in [4.78, 5) is 4.11. The van der Waals surface area contributed by atoms with Crippen LogP contribution in [0.2, 0.25) is 0 Å². The Morgan fingerprint density at radius 3 is 2.90 bits per heavy atom. The van der Waals surface area contributed by atoms with Gasteiger partial charge in [-0.3, -0.25) is 10.1 Å². The highest BCUT2D eigenvalue weighted by Crippen LogP contribution is 2.22. The van der Waals surface area contributed by atoms with E-state index in [-0.39, 0.29) is 5.82 Å². The molecule has 4 nitrogen and oxygen atoms in total. The van der Waals surface area contributed by atoms with Crippen LogP contribution in [0.15, 0.2) is 48.9 Å². The molecule has 0 amide bonds. The van der Waals surface area contributed by atoms with Crippen molar-refractivity contribution in [1.82, 2.24) is 15.2 Å². The number of nitrogens with zero attached hydrogens (tertiary/aromatic N) is 2. The van der Waals surface area contributed by atoms with Gasteiger partial charge in [0.25, 0.3) is 0 Å². The second kappa shape index (κ2) is 5.75. The Balaban J connectivity index is 1.79. The minimum Gasteiger partial charge on any atom is -0.381 e. The van der Waals surface area contributed by atoms with Crippen molar-refractivity contribution in [3.8, 4) is 11.3 Å². The highest BCUT2D eigenvalue weighted by atomic mass is 19.1. The average molecular weight is 282 g/mol. The van der Waals surface area contributed by atoms with Gasteiger partial charge in [-0.05, 0) is 42.8 Å². The zero-order valence-corrected chi connectivity index (χ0v) is 11.6. The van der Waals surface area contributed by atoms with E-state index in [4.69, 9.17) is 0 Å². The highest BCUT2D eigenvalue weighted by molar-refractivity contribution is 5.62. The van der Waals surface area contributed by atoms with Crippen LogP contribution in [0.4, 0.5) is 10.1 Å². The summed E-state index contributed by atoms with van der Waals surface area (Å²) in [5, 5.41) is 10.4. The average Bonchev–Trinajstić information content (AvgIpc) is 2.96. The molecule has 0 unspecified atom stereocenters. The van der Waals surface area contributed by atoms with Crippen molar-refractivity contribution < 1.29 is 4.39 Å². The molecule has 21 heavy (non-hydrogen) atoms. The van der Waals surface area contributed by atoms with E-state index in [0.29, 0.717) is 6.54 Å². The molecule has 2 aromatic heterocycles. The zero-order valence-electron chi connectivity index (χ0n) is 11.6. The van der Waals surface area contributed by atoms with Gasteiger partial charge >= 0.3 is 0 Å². The van der Waals surface area contributed by atoms with Gasteiger partial charge in [0.15, 0.2) is 0 Å². The largest absolute Gasteiger partial charge is 0.381 e. The van der Waals surface area contributed by atoms with Crippen LogP contribution in [-0.4, -0.2) is 15.2 Å². The molecular formula is C16H15FN4. The Kier molecular flexibility index (Phi) is 3.64. The fourth-order valence-electron chi connectivity index (χ4n) is 2.22. The molecule has 3 rings (SSSR count). The minimum atomic E-state index is -0.225. The molecule has 106 valence electrons. The molecule has 0 aliphatic rings. The van der Waals surface area contributed by atoms with Crippen LogP contribution in [0.25, 0.3) is 11.3 Å². The predicted octanol–water partition coefficient (Wildman–Crippen LogP) is 3.53. The Hall–Kier alpha value is -2.69. The molecule has 0 bridgehead atoms. The van der Waals surface area contributed by atoms with Gasteiger partial charge in [0.05, 0.1) is 11.9 Å². The summed E-state index contributed by atoms with van der Waals surface area (Å²) in [5.41, 5.74) is 4.75. The third kappa shape index (κ3) is 2.91. The predicted molar refractivity (Wildman–Crippen MR) is 80.3 cm³/mol. The molecule has 0 spiro atoms. The Bertz CT molecular complexity index is 737. The first kappa shape index (κ1) is 13.3. The third-order valence-electron chi connectivity index (χ3n) is 3.33. The minimum absolute atomic E-state index is 0.225. The molecule has 0 aliphatic carbocycles. The standard InChI is InChI=1S/C16H15FN4/c1-11-7-14(17)4-5-15(11)19-9-13-10-20-21-16(13)12-3-2-6-18-8-12/h2-8,10,19H,9H2,1H3,(H,20,21). The number of hydrogen-bond acceptors (Lipinski definition) is 3. The summed E-state index contributed by atoms with van der Waals surface area (Å²) in [7, 11) is 0. The molecule has 2 N–H and O–H groups in total. The van der Waals surface area contributed by atoms with Crippen molar-refractivity contribution in [3.05, 3.63) is 65.9 Å². The number of aromatic nitrogens is 3. The van der Waals surface area contributed by atoms with Crippen molar-refractivity contribution in [3.63, 3.8) is 0 Å². The summed E-state index contributed by atoms with van der Waals surface area (Å²) in [6.45, 7) is 2.48. The van der Waals surface area contributed by atoms with Gasteiger partial charge in [-0.2, -0.15) is 5.10 Å². The smallest absolute Gasteiger partial charge is 0.123 e. The van der Waals surface area contributed by atoms with Crippen molar-refractivity contribution in [1.29, 1.82) is 0 Å². The normalized spacial score (nSPS) is 10.6. The zero-order chi connectivity index (χ0) is 14.7. The number of nitrogens with one attached hydrogen (secondary N) is 2. The van der Waals surface area contributed by atoms with Gasteiger partial charge in [-0.1, -0.05) is 0 Å². The number of halogens is 1. The quantitative estimate of drug-likeness (QED) is 0.769. The Morgan fingerprint density at radius 2 is 2.14 bits per heavy atom. The number of anilines is 1. The maximum absolute atomic E-state index is 13.1. The van der Waals surface area contributed by atoms with Crippen LogP contribution in [0.3, 0.4) is 0 Å². The van der Waals surface area contributed by atoms with Gasteiger partial charge in [-0.15, -0.1) is 0 Å². The summed E-state index contributed by atoms with van der Waals surface area (Å²) < 4.78 is 13.1. The van der Waals surface area contributed by atoms with E-state index in [2.05, 4.69) is 20.5 Å². The molecule has 0 atom stereocenters. The molecule has 0 saturated heterocycles. The molecule has 2 heterocycles. The molecule has 3 aromatic rings. The maximum Gasteiger partial charge on any atom is 0.123 e. The van der Waals surface area contributed by atoms with Crippen LogP contribution in [0, 0.1) is 12.7 Å². The lowest BCUT2D eigenvalue weighted by atomic mass is 10.1. The number of aromatic amines is 1. The van der Waals surface area contributed by atoms with E-state index in [1.54, 1.807) is 24.7 Å². The van der Waals surface area contributed by atoms with Crippen molar-refractivity contribution in [2.45, 2.75) is 13.5 Å². The molecule has 0 radical (unpaired) electrons. The van der Waals surface area contributed by atoms with Crippen LogP contribution >= 0.6 is 0 Å². The first-order valence-electron chi connectivity index (χ1n) is 6.67. The number of aryl methyl sites for hydroxylation is 1. The fourth-order valence-corrected chi connectivity index (χ4v) is 2.22. The fraction of sp³-hybridized carbons (Fsp3) is 0.125. The van der Waals surface area contributed by atoms with Crippen LogP contribution in [0.1, 0.15) is 11.1 Å². The number of hydrogen-bond donors (Lipinski definition) is 2. The summed E-state index contributed by atoms with van der Waals surface area (Å²) >= 11 is 0. The van der Waals surface area contributed by atoms with Crippen molar-refractivity contribution in [2.75, 3.05) is 5.32 Å². The molecular weight excluding hydrogens is 267 g/mol. The molecule has 0 aliphatic heterocycles. The maximum atomic E-state index is 13.1. The lowest BCUT2D eigenvalue weighted by Crippen LogP contribution is -2.01. The lowest BCUT2D eigenvalue weighted by molar-refractivity contribution is 0.627. The third-order valence-corrected chi connectivity index (χ3v) is 3.33. The van der Waals surface area contributed by atoms with E-state index in [1.807, 2.05) is 19.1 Å². The Labute approximate surface area is 122 Å². The van der Waals surface area contributed by atoms with E-state index >= 15 is 0 Å². The first-order valence-corrected chi connectivity index (χ1v) is 6.67. The molecule has 0 saturated carbocycles. The molecule has 1 aromatic carbocycles. The van der Waals surface area contributed by atoms with E-state index in [1.165, 1.54) is 12.1 Å². The number of benzene rings is 1. The van der Waals surface area contributed by atoms with Crippen molar-refractivity contribution >= 4 is 5.69 Å². The SMILES string of the molecule is Cc1cc(F)ccc1NCc1cn[nH]c1-c1cccnc1. The van der Waals surface area contributed by atoms with E-state index in [9.17, 15) is 4.39 Å². The van der Waals surface area contributed by atoms with Gasteiger partial charge < -0.3 is 5.32 Å². The summed E-state index contributed by atoms with van der Waals surface area (Å²) in [5.74, 6) is -0.225. The monoisotopic (exact) mass is 282 g/mol. The topological polar surface area (TPSA) is 53.6 Å².